The number of piperidine rings is 1. The molecule has 26 heavy (non-hydrogen) atoms. The number of hydrogen-bond donors (Lipinski definition) is 0. The number of rotatable bonds is 5. The fourth-order valence-corrected chi connectivity index (χ4v) is 4.19. The van der Waals surface area contributed by atoms with Gasteiger partial charge in [0.1, 0.15) is 6.10 Å². The van der Waals surface area contributed by atoms with Gasteiger partial charge >= 0.3 is 5.97 Å². The third-order valence-electron chi connectivity index (χ3n) is 5.49. The molecule has 0 amide bonds. The van der Waals surface area contributed by atoms with Crippen LogP contribution in [-0.4, -0.2) is 34.8 Å². The number of carbonyl (C=O) groups is 2. The van der Waals surface area contributed by atoms with Gasteiger partial charge in [-0.3, -0.25) is 14.5 Å². The van der Waals surface area contributed by atoms with Gasteiger partial charge in [0.25, 0.3) is 0 Å². The summed E-state index contributed by atoms with van der Waals surface area (Å²) in [6, 6.07) is 19.9. The van der Waals surface area contributed by atoms with E-state index in [1.165, 1.54) is 5.56 Å². The quantitative estimate of drug-likeness (QED) is 0.611. The summed E-state index contributed by atoms with van der Waals surface area (Å²) in [5.41, 5.74) is 1.96. The molecular formula is C22H23NO3. The summed E-state index contributed by atoms with van der Waals surface area (Å²) in [4.78, 5) is 26.9. The SMILES string of the molecule is O=C1C[C@H]2[C@H](CC[C@@H](CC(=O)c3ccccc3)N2Cc2ccccc2)O1. The van der Waals surface area contributed by atoms with Gasteiger partial charge in [0.15, 0.2) is 5.78 Å². The van der Waals surface area contributed by atoms with Gasteiger partial charge in [0, 0.05) is 24.6 Å². The highest BCUT2D eigenvalue weighted by Crippen LogP contribution is 2.35. The summed E-state index contributed by atoms with van der Waals surface area (Å²) in [5.74, 6) is 0.0467. The normalized spacial score (nSPS) is 25.5. The van der Waals surface area contributed by atoms with Crippen molar-refractivity contribution in [2.24, 2.45) is 0 Å². The van der Waals surface area contributed by atoms with Gasteiger partial charge in [-0.2, -0.15) is 0 Å². The fourth-order valence-electron chi connectivity index (χ4n) is 4.19. The summed E-state index contributed by atoms with van der Waals surface area (Å²) in [6.07, 6.45) is 2.59. The lowest BCUT2D eigenvalue weighted by atomic mass is 9.88. The lowest BCUT2D eigenvalue weighted by molar-refractivity contribution is -0.142. The summed E-state index contributed by atoms with van der Waals surface area (Å²) in [7, 11) is 0. The Labute approximate surface area is 153 Å². The molecule has 0 radical (unpaired) electrons. The van der Waals surface area contributed by atoms with Crippen LogP contribution in [0.2, 0.25) is 0 Å². The van der Waals surface area contributed by atoms with Crippen molar-refractivity contribution in [2.45, 2.75) is 50.4 Å². The number of hydrogen-bond acceptors (Lipinski definition) is 4. The molecule has 0 saturated carbocycles. The second kappa shape index (κ2) is 7.42. The van der Waals surface area contributed by atoms with Crippen LogP contribution in [0.15, 0.2) is 60.7 Å². The van der Waals surface area contributed by atoms with Gasteiger partial charge < -0.3 is 4.74 Å². The highest BCUT2D eigenvalue weighted by Gasteiger charge is 2.45. The van der Waals surface area contributed by atoms with Crippen LogP contribution >= 0.6 is 0 Å². The molecule has 3 atom stereocenters. The van der Waals surface area contributed by atoms with E-state index in [4.69, 9.17) is 4.74 Å². The summed E-state index contributed by atoms with van der Waals surface area (Å²) in [5, 5.41) is 0. The number of esters is 1. The van der Waals surface area contributed by atoms with Crippen molar-refractivity contribution in [3.63, 3.8) is 0 Å². The maximum absolute atomic E-state index is 12.7. The van der Waals surface area contributed by atoms with Crippen LogP contribution in [0, 0.1) is 0 Å². The Balaban J connectivity index is 1.55. The maximum Gasteiger partial charge on any atom is 0.307 e. The Morgan fingerprint density at radius 2 is 1.69 bits per heavy atom. The third kappa shape index (κ3) is 3.56. The molecule has 0 bridgehead atoms. The van der Waals surface area contributed by atoms with Crippen LogP contribution in [0.4, 0.5) is 0 Å². The molecule has 2 aliphatic rings. The lowest BCUT2D eigenvalue weighted by Crippen LogP contribution is -2.51. The van der Waals surface area contributed by atoms with Crippen molar-refractivity contribution in [2.75, 3.05) is 0 Å². The zero-order valence-corrected chi connectivity index (χ0v) is 14.7. The number of Topliss-reactive ketones (excluding diaryl/α,β-unsaturated/α-hetero) is 1. The van der Waals surface area contributed by atoms with Crippen LogP contribution in [-0.2, 0) is 16.1 Å². The average Bonchev–Trinajstić information content (AvgIpc) is 3.06. The van der Waals surface area contributed by atoms with E-state index in [1.807, 2.05) is 48.5 Å². The molecule has 4 heteroatoms. The van der Waals surface area contributed by atoms with Crippen molar-refractivity contribution in [3.05, 3.63) is 71.8 Å². The van der Waals surface area contributed by atoms with E-state index in [9.17, 15) is 9.59 Å². The zero-order chi connectivity index (χ0) is 17.9. The van der Waals surface area contributed by atoms with E-state index in [-0.39, 0.29) is 29.9 Å². The lowest BCUT2D eigenvalue weighted by Gasteiger charge is -2.42. The standard InChI is InChI=1S/C22H23NO3/c24-20(17-9-5-2-6-10-17)13-18-11-12-21-19(14-22(25)26-21)23(18)15-16-7-3-1-4-8-16/h1-10,18-19,21H,11-15H2/t18-,19-,21-/m0/s1. The third-order valence-corrected chi connectivity index (χ3v) is 5.49. The number of benzene rings is 2. The molecule has 134 valence electrons. The molecule has 2 saturated heterocycles. The van der Waals surface area contributed by atoms with Gasteiger partial charge in [-0.05, 0) is 18.4 Å². The molecule has 0 aliphatic carbocycles. The van der Waals surface area contributed by atoms with E-state index in [1.54, 1.807) is 0 Å². The molecule has 0 spiro atoms. The van der Waals surface area contributed by atoms with E-state index >= 15 is 0 Å². The molecule has 2 heterocycles. The number of fused-ring (bicyclic) bond motifs is 1. The summed E-state index contributed by atoms with van der Waals surface area (Å²) >= 11 is 0. The van der Waals surface area contributed by atoms with Crippen LogP contribution in [0.5, 0.6) is 0 Å². The predicted molar refractivity (Wildman–Crippen MR) is 98.7 cm³/mol. The minimum absolute atomic E-state index is 0.0331. The van der Waals surface area contributed by atoms with Crippen LogP contribution < -0.4 is 0 Å². The Bertz CT molecular complexity index is 774. The molecule has 2 fully saturated rings. The molecule has 4 nitrogen and oxygen atoms in total. The van der Waals surface area contributed by atoms with Crippen molar-refractivity contribution >= 4 is 11.8 Å². The Morgan fingerprint density at radius 3 is 2.42 bits per heavy atom. The van der Waals surface area contributed by atoms with Crippen molar-refractivity contribution < 1.29 is 14.3 Å². The zero-order valence-electron chi connectivity index (χ0n) is 14.7. The number of carbonyl (C=O) groups excluding carboxylic acids is 2. The Kier molecular flexibility index (Phi) is 4.85. The largest absolute Gasteiger partial charge is 0.461 e. The monoisotopic (exact) mass is 349 g/mol. The first-order valence-electron chi connectivity index (χ1n) is 9.28. The second-order valence-electron chi connectivity index (χ2n) is 7.18. The van der Waals surface area contributed by atoms with Crippen LogP contribution in [0.3, 0.4) is 0 Å². The number of ether oxygens (including phenoxy) is 1. The van der Waals surface area contributed by atoms with Gasteiger partial charge in [-0.25, -0.2) is 0 Å². The Hall–Kier alpha value is -2.46. The first-order chi connectivity index (χ1) is 12.7. The predicted octanol–water partition coefficient (Wildman–Crippen LogP) is 3.61. The van der Waals surface area contributed by atoms with E-state index in [0.717, 1.165) is 24.9 Å². The number of nitrogens with zero attached hydrogens (tertiary/aromatic N) is 1. The first-order valence-corrected chi connectivity index (χ1v) is 9.28. The Morgan fingerprint density at radius 1 is 1.00 bits per heavy atom. The average molecular weight is 349 g/mol. The molecule has 0 N–H and O–H groups in total. The summed E-state index contributed by atoms with van der Waals surface area (Å²) < 4.78 is 5.51. The van der Waals surface area contributed by atoms with Crippen molar-refractivity contribution in [3.8, 4) is 0 Å². The minimum atomic E-state index is -0.118. The van der Waals surface area contributed by atoms with E-state index in [2.05, 4.69) is 17.0 Å². The smallest absolute Gasteiger partial charge is 0.307 e. The molecule has 4 rings (SSSR count). The highest BCUT2D eigenvalue weighted by atomic mass is 16.6. The topological polar surface area (TPSA) is 46.6 Å². The first kappa shape index (κ1) is 17.0. The fraction of sp³-hybridized carbons (Fsp3) is 0.364. The van der Waals surface area contributed by atoms with Gasteiger partial charge in [0.2, 0.25) is 0 Å². The van der Waals surface area contributed by atoms with Gasteiger partial charge in [-0.15, -0.1) is 0 Å². The highest BCUT2D eigenvalue weighted by molar-refractivity contribution is 5.96. The van der Waals surface area contributed by atoms with Gasteiger partial charge in [0.05, 0.1) is 12.5 Å². The molecular weight excluding hydrogens is 326 g/mol. The number of likely N-dealkylation sites (tertiary alicyclic amines) is 1. The van der Waals surface area contributed by atoms with Crippen molar-refractivity contribution in [1.82, 2.24) is 4.90 Å². The van der Waals surface area contributed by atoms with Crippen LogP contribution in [0.1, 0.15) is 41.6 Å². The van der Waals surface area contributed by atoms with Crippen LogP contribution in [0.25, 0.3) is 0 Å². The van der Waals surface area contributed by atoms with Gasteiger partial charge in [-0.1, -0.05) is 60.7 Å². The summed E-state index contributed by atoms with van der Waals surface area (Å²) in [6.45, 7) is 0.741. The van der Waals surface area contributed by atoms with Crippen molar-refractivity contribution in [1.29, 1.82) is 0 Å². The molecule has 0 aromatic heterocycles. The molecule has 2 aliphatic heterocycles. The number of ketones is 1. The maximum atomic E-state index is 12.7. The molecule has 2 aromatic rings. The van der Waals surface area contributed by atoms with E-state index in [0.29, 0.717) is 12.8 Å². The molecule has 0 unspecified atom stereocenters. The molecule has 2 aromatic carbocycles. The van der Waals surface area contributed by atoms with E-state index < -0.39 is 0 Å². The second-order valence-corrected chi connectivity index (χ2v) is 7.18. The minimum Gasteiger partial charge on any atom is -0.461 e.